The maximum Gasteiger partial charge on any atom is 0.232 e. The Morgan fingerprint density at radius 1 is 1.30 bits per heavy atom. The van der Waals surface area contributed by atoms with E-state index in [1.54, 1.807) is 17.0 Å². The van der Waals surface area contributed by atoms with Crippen LogP contribution in [0.4, 0.5) is 4.39 Å². The first-order chi connectivity index (χ1) is 13.0. The summed E-state index contributed by atoms with van der Waals surface area (Å²) in [6.45, 7) is 2.84. The Hall–Kier alpha value is -2.73. The van der Waals surface area contributed by atoms with Crippen molar-refractivity contribution < 1.29 is 13.7 Å². The Morgan fingerprint density at radius 3 is 2.93 bits per heavy atom. The van der Waals surface area contributed by atoms with Crippen molar-refractivity contribution in [2.24, 2.45) is 0 Å². The lowest BCUT2D eigenvalue weighted by molar-refractivity contribution is -0.128. The van der Waals surface area contributed by atoms with Crippen LogP contribution in [0.5, 0.6) is 0 Å². The van der Waals surface area contributed by atoms with Gasteiger partial charge in [-0.05, 0) is 30.7 Å². The van der Waals surface area contributed by atoms with E-state index in [1.807, 2.05) is 31.2 Å². The van der Waals surface area contributed by atoms with E-state index in [2.05, 4.69) is 10.1 Å². The van der Waals surface area contributed by atoms with Gasteiger partial charge in [0.1, 0.15) is 5.82 Å². The molecule has 4 rings (SSSR count). The third kappa shape index (κ3) is 3.71. The fourth-order valence-corrected chi connectivity index (χ4v) is 3.45. The topological polar surface area (TPSA) is 59.2 Å². The van der Waals surface area contributed by atoms with Gasteiger partial charge >= 0.3 is 0 Å². The molecule has 2 heterocycles. The summed E-state index contributed by atoms with van der Waals surface area (Å²) >= 11 is 5.82. The Labute approximate surface area is 160 Å². The Bertz CT molecular complexity index is 1000. The molecular weight excluding hydrogens is 369 g/mol. The van der Waals surface area contributed by atoms with Gasteiger partial charge in [-0.15, -0.1) is 0 Å². The van der Waals surface area contributed by atoms with E-state index in [9.17, 15) is 9.18 Å². The largest absolute Gasteiger partial charge is 0.339 e. The van der Waals surface area contributed by atoms with Gasteiger partial charge in [0, 0.05) is 25.1 Å². The minimum Gasteiger partial charge on any atom is -0.339 e. The molecule has 0 saturated carbocycles. The summed E-state index contributed by atoms with van der Waals surface area (Å²) in [5, 5.41) is 4.10. The van der Waals surface area contributed by atoms with Gasteiger partial charge in [-0.25, -0.2) is 4.39 Å². The van der Waals surface area contributed by atoms with Gasteiger partial charge in [0.05, 0.1) is 10.9 Å². The first-order valence-electron chi connectivity index (χ1n) is 8.62. The summed E-state index contributed by atoms with van der Waals surface area (Å²) in [4.78, 5) is 18.5. The average molecular weight is 386 g/mol. The highest BCUT2D eigenvalue weighted by Crippen LogP contribution is 2.30. The molecule has 1 saturated heterocycles. The molecule has 0 spiro atoms. The van der Waals surface area contributed by atoms with E-state index in [4.69, 9.17) is 16.1 Å². The number of hydrogen-bond acceptors (Lipinski definition) is 4. The van der Waals surface area contributed by atoms with Gasteiger partial charge in [-0.1, -0.05) is 46.6 Å². The molecule has 1 amide bonds. The van der Waals surface area contributed by atoms with Crippen LogP contribution in [0.3, 0.4) is 0 Å². The zero-order valence-corrected chi connectivity index (χ0v) is 15.4. The van der Waals surface area contributed by atoms with Gasteiger partial charge in [0.2, 0.25) is 17.6 Å². The lowest BCUT2D eigenvalue weighted by Crippen LogP contribution is -2.24. The van der Waals surface area contributed by atoms with Crippen LogP contribution in [0.2, 0.25) is 5.02 Å². The van der Waals surface area contributed by atoms with Crippen molar-refractivity contribution in [3.05, 3.63) is 70.3 Å². The van der Waals surface area contributed by atoms with Gasteiger partial charge in [-0.3, -0.25) is 4.79 Å². The normalized spacial score (nSPS) is 16.9. The molecular formula is C20H17ClFN3O2. The minimum atomic E-state index is -0.472. The van der Waals surface area contributed by atoms with E-state index >= 15 is 0 Å². The molecule has 1 aliphatic heterocycles. The second kappa shape index (κ2) is 7.12. The molecule has 1 atom stereocenters. The molecule has 1 fully saturated rings. The standard InChI is InChI=1S/C20H17ClFN3O2/c1-12-3-2-4-14(7-12)19-23-20(27-24-19)15-9-18(26)25(11-15)10-13-5-6-17(22)16(21)8-13/h2-8,15H,9-11H2,1H3. The summed E-state index contributed by atoms with van der Waals surface area (Å²) in [5.41, 5.74) is 2.77. The number of likely N-dealkylation sites (tertiary alicyclic amines) is 1. The van der Waals surface area contributed by atoms with Crippen molar-refractivity contribution in [2.75, 3.05) is 6.54 Å². The molecule has 0 radical (unpaired) electrons. The molecule has 0 bridgehead atoms. The van der Waals surface area contributed by atoms with Crippen LogP contribution in [0.1, 0.15) is 29.4 Å². The lowest BCUT2D eigenvalue weighted by Gasteiger charge is -2.16. The number of halogens is 2. The molecule has 1 unspecified atom stereocenters. The van der Waals surface area contributed by atoms with Crippen molar-refractivity contribution in [3.8, 4) is 11.4 Å². The Balaban J connectivity index is 1.48. The third-order valence-corrected chi connectivity index (χ3v) is 4.93. The Morgan fingerprint density at radius 2 is 2.15 bits per heavy atom. The minimum absolute atomic E-state index is 0.00393. The summed E-state index contributed by atoms with van der Waals surface area (Å²) in [6, 6.07) is 12.3. The van der Waals surface area contributed by atoms with Crippen LogP contribution < -0.4 is 0 Å². The summed E-state index contributed by atoms with van der Waals surface area (Å²) in [5.74, 6) is 0.347. The molecule has 1 aromatic heterocycles. The quantitative estimate of drug-likeness (QED) is 0.669. The fourth-order valence-electron chi connectivity index (χ4n) is 3.25. The van der Waals surface area contributed by atoms with Crippen LogP contribution in [-0.4, -0.2) is 27.5 Å². The number of carbonyl (C=O) groups is 1. The van der Waals surface area contributed by atoms with Crippen molar-refractivity contribution in [2.45, 2.75) is 25.8 Å². The zero-order valence-electron chi connectivity index (χ0n) is 14.7. The van der Waals surface area contributed by atoms with Crippen molar-refractivity contribution in [1.82, 2.24) is 15.0 Å². The molecule has 27 heavy (non-hydrogen) atoms. The maximum atomic E-state index is 13.3. The van der Waals surface area contributed by atoms with E-state index in [0.717, 1.165) is 16.7 Å². The van der Waals surface area contributed by atoms with Crippen molar-refractivity contribution >= 4 is 17.5 Å². The number of aryl methyl sites for hydroxylation is 1. The number of nitrogens with zero attached hydrogens (tertiary/aromatic N) is 3. The summed E-state index contributed by atoms with van der Waals surface area (Å²) in [7, 11) is 0. The third-order valence-electron chi connectivity index (χ3n) is 4.64. The van der Waals surface area contributed by atoms with Gasteiger partial charge < -0.3 is 9.42 Å². The monoisotopic (exact) mass is 385 g/mol. The van der Waals surface area contributed by atoms with Crippen LogP contribution in [0.25, 0.3) is 11.4 Å². The summed E-state index contributed by atoms with van der Waals surface area (Å²) in [6.07, 6.45) is 0.310. The SMILES string of the molecule is Cc1cccc(-c2noc(C3CC(=O)N(Cc4ccc(F)c(Cl)c4)C3)n2)c1. The molecule has 2 aromatic carbocycles. The second-order valence-electron chi connectivity index (χ2n) is 6.75. The van der Waals surface area contributed by atoms with E-state index in [1.165, 1.54) is 6.07 Å². The number of rotatable bonds is 4. The van der Waals surface area contributed by atoms with Crippen LogP contribution in [-0.2, 0) is 11.3 Å². The maximum absolute atomic E-state index is 13.3. The van der Waals surface area contributed by atoms with Crippen molar-refractivity contribution in [3.63, 3.8) is 0 Å². The Kier molecular flexibility index (Phi) is 4.66. The first kappa shape index (κ1) is 17.7. The number of aromatic nitrogens is 2. The first-order valence-corrected chi connectivity index (χ1v) is 9.00. The number of benzene rings is 2. The molecule has 5 nitrogen and oxygen atoms in total. The van der Waals surface area contributed by atoms with Crippen LogP contribution in [0, 0.1) is 12.7 Å². The van der Waals surface area contributed by atoms with E-state index < -0.39 is 5.82 Å². The highest BCUT2D eigenvalue weighted by atomic mass is 35.5. The summed E-state index contributed by atoms with van der Waals surface area (Å²) < 4.78 is 18.7. The molecule has 1 aliphatic rings. The molecule has 7 heteroatoms. The lowest BCUT2D eigenvalue weighted by atomic mass is 10.1. The second-order valence-corrected chi connectivity index (χ2v) is 7.16. The zero-order chi connectivity index (χ0) is 19.0. The van der Waals surface area contributed by atoms with E-state index in [-0.39, 0.29) is 16.8 Å². The fraction of sp³-hybridized carbons (Fsp3) is 0.250. The molecule has 0 N–H and O–H groups in total. The van der Waals surface area contributed by atoms with Crippen LogP contribution in [0.15, 0.2) is 47.0 Å². The van der Waals surface area contributed by atoms with Crippen LogP contribution >= 0.6 is 11.6 Å². The highest BCUT2D eigenvalue weighted by molar-refractivity contribution is 6.30. The molecule has 3 aromatic rings. The predicted octanol–water partition coefficient (Wildman–Crippen LogP) is 4.35. The molecule has 0 aliphatic carbocycles. The number of amides is 1. The average Bonchev–Trinajstić information content (AvgIpc) is 3.26. The van der Waals surface area contributed by atoms with E-state index in [0.29, 0.717) is 31.2 Å². The number of hydrogen-bond donors (Lipinski definition) is 0. The number of carbonyl (C=O) groups excluding carboxylic acids is 1. The van der Waals surface area contributed by atoms with Gasteiger partial charge in [0.25, 0.3) is 0 Å². The highest BCUT2D eigenvalue weighted by Gasteiger charge is 2.34. The predicted molar refractivity (Wildman–Crippen MR) is 98.7 cm³/mol. The van der Waals surface area contributed by atoms with Gasteiger partial charge in [0.15, 0.2) is 0 Å². The van der Waals surface area contributed by atoms with Crippen molar-refractivity contribution in [1.29, 1.82) is 0 Å². The van der Waals surface area contributed by atoms with Gasteiger partial charge in [-0.2, -0.15) is 4.98 Å². The molecule has 138 valence electrons. The smallest absolute Gasteiger partial charge is 0.232 e.